The number of hydrogen-bond acceptors (Lipinski definition) is 5. The van der Waals surface area contributed by atoms with Gasteiger partial charge in [0.1, 0.15) is 11.8 Å². The fraction of sp³-hybridized carbons (Fsp3) is 0.688. The molecule has 2 N–H and O–H groups in total. The number of amides is 2. The number of ether oxygens (including phenoxy) is 1. The summed E-state index contributed by atoms with van der Waals surface area (Å²) in [5.74, 6) is 0.505. The van der Waals surface area contributed by atoms with Gasteiger partial charge in [0.2, 0.25) is 11.8 Å². The topological polar surface area (TPSA) is 93.5 Å². The predicted molar refractivity (Wildman–Crippen MR) is 86.0 cm³/mol. The standard InChI is InChI=1S/C16H27N3O4/c1-10(2)8-14(16(21)17-6-7-22-5)18-15(20)9-13-11(3)19-23-12(13)4/h10,14H,6-9H2,1-5H3,(H,17,21)(H,18,20)/t14-/m0/s1. The lowest BCUT2D eigenvalue weighted by atomic mass is 10.0. The third kappa shape index (κ3) is 6.40. The average Bonchev–Trinajstić information content (AvgIpc) is 2.78. The molecule has 2 amide bonds. The van der Waals surface area contributed by atoms with E-state index in [-0.39, 0.29) is 24.2 Å². The molecule has 1 atom stereocenters. The normalized spacial score (nSPS) is 12.3. The number of carbonyl (C=O) groups is 2. The number of nitrogens with zero attached hydrogens (tertiary/aromatic N) is 1. The Morgan fingerprint density at radius 3 is 2.52 bits per heavy atom. The Labute approximate surface area is 137 Å². The van der Waals surface area contributed by atoms with Crippen LogP contribution in [-0.2, 0) is 20.7 Å². The third-order valence-electron chi connectivity index (χ3n) is 3.48. The van der Waals surface area contributed by atoms with Crippen LogP contribution in [0.3, 0.4) is 0 Å². The Morgan fingerprint density at radius 1 is 1.30 bits per heavy atom. The van der Waals surface area contributed by atoms with Crippen LogP contribution in [-0.4, -0.2) is 43.3 Å². The fourth-order valence-corrected chi connectivity index (χ4v) is 2.26. The van der Waals surface area contributed by atoms with E-state index < -0.39 is 6.04 Å². The van der Waals surface area contributed by atoms with E-state index in [1.807, 2.05) is 13.8 Å². The molecule has 0 radical (unpaired) electrons. The van der Waals surface area contributed by atoms with Crippen LogP contribution in [0.1, 0.15) is 37.3 Å². The summed E-state index contributed by atoms with van der Waals surface area (Å²) < 4.78 is 9.97. The number of methoxy groups -OCH3 is 1. The Kier molecular flexibility index (Phi) is 7.74. The molecule has 130 valence electrons. The van der Waals surface area contributed by atoms with Crippen LogP contribution in [0.2, 0.25) is 0 Å². The molecule has 1 rings (SSSR count). The van der Waals surface area contributed by atoms with Gasteiger partial charge in [-0.1, -0.05) is 19.0 Å². The molecule has 0 bridgehead atoms. The minimum atomic E-state index is -0.556. The third-order valence-corrected chi connectivity index (χ3v) is 3.48. The van der Waals surface area contributed by atoms with Crippen LogP contribution in [0.15, 0.2) is 4.52 Å². The van der Waals surface area contributed by atoms with Gasteiger partial charge in [-0.05, 0) is 26.2 Å². The summed E-state index contributed by atoms with van der Waals surface area (Å²) in [5.41, 5.74) is 1.47. The zero-order valence-electron chi connectivity index (χ0n) is 14.6. The van der Waals surface area contributed by atoms with E-state index in [9.17, 15) is 9.59 Å². The molecule has 0 aromatic carbocycles. The second-order valence-electron chi connectivity index (χ2n) is 6.01. The second kappa shape index (κ2) is 9.29. The quantitative estimate of drug-likeness (QED) is 0.664. The number of aromatic nitrogens is 1. The smallest absolute Gasteiger partial charge is 0.242 e. The first-order valence-electron chi connectivity index (χ1n) is 7.82. The van der Waals surface area contributed by atoms with Crippen molar-refractivity contribution < 1.29 is 18.8 Å². The molecule has 0 fully saturated rings. The van der Waals surface area contributed by atoms with Gasteiger partial charge in [-0.3, -0.25) is 9.59 Å². The van der Waals surface area contributed by atoms with Crippen molar-refractivity contribution in [3.63, 3.8) is 0 Å². The van der Waals surface area contributed by atoms with Crippen LogP contribution >= 0.6 is 0 Å². The van der Waals surface area contributed by atoms with Crippen LogP contribution < -0.4 is 10.6 Å². The van der Waals surface area contributed by atoms with Crippen molar-refractivity contribution in [3.05, 3.63) is 17.0 Å². The summed E-state index contributed by atoms with van der Waals surface area (Å²) in [6.45, 7) is 8.44. The lowest BCUT2D eigenvalue weighted by Gasteiger charge is -2.20. The van der Waals surface area contributed by atoms with Crippen LogP contribution in [0, 0.1) is 19.8 Å². The minimum Gasteiger partial charge on any atom is -0.383 e. The Hall–Kier alpha value is -1.89. The predicted octanol–water partition coefficient (Wildman–Crippen LogP) is 1.13. The zero-order chi connectivity index (χ0) is 17.4. The molecule has 7 nitrogen and oxygen atoms in total. The van der Waals surface area contributed by atoms with Crippen molar-refractivity contribution >= 4 is 11.8 Å². The summed E-state index contributed by atoms with van der Waals surface area (Å²) in [6, 6.07) is -0.556. The van der Waals surface area contributed by atoms with Gasteiger partial charge in [0, 0.05) is 19.2 Å². The van der Waals surface area contributed by atoms with Gasteiger partial charge in [0.25, 0.3) is 0 Å². The number of carbonyl (C=O) groups excluding carboxylic acids is 2. The van der Waals surface area contributed by atoms with Gasteiger partial charge in [0.05, 0.1) is 18.7 Å². The van der Waals surface area contributed by atoms with Crippen LogP contribution in [0.5, 0.6) is 0 Å². The number of hydrogen-bond donors (Lipinski definition) is 2. The molecular weight excluding hydrogens is 298 g/mol. The molecule has 0 aliphatic rings. The molecule has 1 heterocycles. The highest BCUT2D eigenvalue weighted by atomic mass is 16.5. The molecule has 0 aliphatic heterocycles. The number of aryl methyl sites for hydroxylation is 2. The zero-order valence-corrected chi connectivity index (χ0v) is 14.6. The molecule has 0 spiro atoms. The van der Waals surface area contributed by atoms with Crippen molar-refractivity contribution in [2.45, 2.75) is 46.6 Å². The van der Waals surface area contributed by atoms with Gasteiger partial charge >= 0.3 is 0 Å². The van der Waals surface area contributed by atoms with E-state index in [2.05, 4.69) is 15.8 Å². The SMILES string of the molecule is COCCNC(=O)[C@H](CC(C)C)NC(=O)Cc1c(C)noc1C. The van der Waals surface area contributed by atoms with Gasteiger partial charge in [-0.25, -0.2) is 0 Å². The highest BCUT2D eigenvalue weighted by Crippen LogP contribution is 2.13. The van der Waals surface area contributed by atoms with E-state index in [4.69, 9.17) is 9.26 Å². The van der Waals surface area contributed by atoms with Crippen molar-refractivity contribution in [1.82, 2.24) is 15.8 Å². The Balaban J connectivity index is 2.65. The lowest BCUT2D eigenvalue weighted by molar-refractivity contribution is -0.129. The molecule has 23 heavy (non-hydrogen) atoms. The highest BCUT2D eigenvalue weighted by Gasteiger charge is 2.23. The molecular formula is C16H27N3O4. The molecule has 0 saturated carbocycles. The average molecular weight is 325 g/mol. The van der Waals surface area contributed by atoms with Gasteiger partial charge in [-0.2, -0.15) is 0 Å². The van der Waals surface area contributed by atoms with Gasteiger partial charge < -0.3 is 19.9 Å². The van der Waals surface area contributed by atoms with E-state index in [0.29, 0.717) is 31.0 Å². The van der Waals surface area contributed by atoms with E-state index >= 15 is 0 Å². The van der Waals surface area contributed by atoms with Crippen LogP contribution in [0.4, 0.5) is 0 Å². The van der Waals surface area contributed by atoms with Gasteiger partial charge in [-0.15, -0.1) is 0 Å². The lowest BCUT2D eigenvalue weighted by Crippen LogP contribution is -2.48. The van der Waals surface area contributed by atoms with Crippen molar-refractivity contribution in [2.24, 2.45) is 5.92 Å². The van der Waals surface area contributed by atoms with Crippen LogP contribution in [0.25, 0.3) is 0 Å². The summed E-state index contributed by atoms with van der Waals surface area (Å²) >= 11 is 0. The summed E-state index contributed by atoms with van der Waals surface area (Å²) in [4.78, 5) is 24.5. The highest BCUT2D eigenvalue weighted by molar-refractivity contribution is 5.88. The summed E-state index contributed by atoms with van der Waals surface area (Å²) in [5, 5.41) is 9.41. The van der Waals surface area contributed by atoms with E-state index in [1.54, 1.807) is 21.0 Å². The van der Waals surface area contributed by atoms with E-state index in [1.165, 1.54) is 0 Å². The monoisotopic (exact) mass is 325 g/mol. The maximum absolute atomic E-state index is 12.3. The number of nitrogens with one attached hydrogen (secondary N) is 2. The van der Waals surface area contributed by atoms with Crippen molar-refractivity contribution in [1.29, 1.82) is 0 Å². The van der Waals surface area contributed by atoms with Crippen molar-refractivity contribution in [3.8, 4) is 0 Å². The first-order valence-corrected chi connectivity index (χ1v) is 7.82. The fourth-order valence-electron chi connectivity index (χ4n) is 2.26. The van der Waals surface area contributed by atoms with Gasteiger partial charge in [0.15, 0.2) is 0 Å². The maximum Gasteiger partial charge on any atom is 0.242 e. The minimum absolute atomic E-state index is 0.154. The Morgan fingerprint density at radius 2 is 2.00 bits per heavy atom. The Bertz CT molecular complexity index is 506. The first-order chi connectivity index (χ1) is 10.8. The second-order valence-corrected chi connectivity index (χ2v) is 6.01. The molecule has 1 aromatic heterocycles. The van der Waals surface area contributed by atoms with E-state index in [0.717, 1.165) is 5.56 Å². The summed E-state index contributed by atoms with van der Waals surface area (Å²) in [6.07, 6.45) is 0.729. The maximum atomic E-state index is 12.3. The molecule has 0 aliphatic carbocycles. The number of rotatable bonds is 9. The molecule has 0 saturated heterocycles. The molecule has 7 heteroatoms. The first kappa shape index (κ1) is 19.2. The van der Waals surface area contributed by atoms with Crippen molar-refractivity contribution in [2.75, 3.05) is 20.3 Å². The molecule has 1 aromatic rings. The summed E-state index contributed by atoms with van der Waals surface area (Å²) in [7, 11) is 1.57. The molecule has 0 unspecified atom stereocenters. The largest absolute Gasteiger partial charge is 0.383 e.